The number of carbonyl (C=O) groups excluding carboxylic acids is 1. The number of hydrogen-bond donors (Lipinski definition) is 1. The summed E-state index contributed by atoms with van der Waals surface area (Å²) in [6.45, 7) is -0.0887. The number of ether oxygens (including phenoxy) is 2. The fourth-order valence-corrected chi connectivity index (χ4v) is 3.35. The van der Waals surface area contributed by atoms with Crippen LogP contribution in [0.2, 0.25) is 0 Å². The number of piperidine rings is 1. The lowest BCUT2D eigenvalue weighted by Crippen LogP contribution is -2.38. The first kappa shape index (κ1) is 16.0. The van der Waals surface area contributed by atoms with Crippen LogP contribution in [0.3, 0.4) is 0 Å². The third-order valence-electron chi connectivity index (χ3n) is 4.27. The van der Waals surface area contributed by atoms with E-state index >= 15 is 0 Å². The normalized spacial score (nSPS) is 24.4. The molecule has 7 heteroatoms. The molecule has 0 spiro atoms. The largest absolute Gasteiger partial charge is 0.490 e. The monoisotopic (exact) mass is 326 g/mol. The van der Waals surface area contributed by atoms with Gasteiger partial charge in [0.05, 0.1) is 12.6 Å². The van der Waals surface area contributed by atoms with Crippen LogP contribution in [-0.4, -0.2) is 36.6 Å². The van der Waals surface area contributed by atoms with Crippen LogP contribution < -0.4 is 14.8 Å². The van der Waals surface area contributed by atoms with E-state index in [9.17, 15) is 13.6 Å². The molecule has 2 aliphatic heterocycles. The highest BCUT2D eigenvalue weighted by Gasteiger charge is 2.43. The van der Waals surface area contributed by atoms with Crippen LogP contribution in [0.5, 0.6) is 11.5 Å². The van der Waals surface area contributed by atoms with Crippen LogP contribution in [0, 0.1) is 0 Å². The molecule has 5 nitrogen and oxygen atoms in total. The molecule has 1 N–H and O–H groups in total. The minimum absolute atomic E-state index is 0.000809. The van der Waals surface area contributed by atoms with Crippen molar-refractivity contribution in [2.75, 3.05) is 13.2 Å². The topological polar surface area (TPSA) is 50.8 Å². The summed E-state index contributed by atoms with van der Waals surface area (Å²) in [4.78, 5) is 14.2. The number of para-hydroxylation sites is 1. The Bertz CT molecular complexity index is 582. The first-order chi connectivity index (χ1) is 11.1. The van der Waals surface area contributed by atoms with E-state index in [2.05, 4.69) is 5.32 Å². The SMILES string of the molecule is CCOc1cccc(C2NC(=O)C3CCCCN32)c1OC(F)F. The van der Waals surface area contributed by atoms with Crippen molar-refractivity contribution in [2.24, 2.45) is 0 Å². The Kier molecular flexibility index (Phi) is 4.66. The zero-order chi connectivity index (χ0) is 16.4. The van der Waals surface area contributed by atoms with Gasteiger partial charge in [0, 0.05) is 12.1 Å². The maximum Gasteiger partial charge on any atom is 0.387 e. The lowest BCUT2D eigenvalue weighted by Gasteiger charge is -2.32. The maximum atomic E-state index is 12.8. The summed E-state index contributed by atoms with van der Waals surface area (Å²) in [5.74, 6) is 0.209. The Labute approximate surface area is 133 Å². The van der Waals surface area contributed by atoms with Gasteiger partial charge in [-0.1, -0.05) is 18.6 Å². The van der Waals surface area contributed by atoms with Crippen LogP contribution in [0.4, 0.5) is 8.78 Å². The Morgan fingerprint density at radius 3 is 2.96 bits per heavy atom. The molecule has 126 valence electrons. The van der Waals surface area contributed by atoms with E-state index < -0.39 is 12.8 Å². The van der Waals surface area contributed by atoms with Crippen molar-refractivity contribution >= 4 is 5.91 Å². The average molecular weight is 326 g/mol. The van der Waals surface area contributed by atoms with Crippen LogP contribution in [0.15, 0.2) is 18.2 Å². The number of benzene rings is 1. The lowest BCUT2D eigenvalue weighted by molar-refractivity contribution is -0.122. The Morgan fingerprint density at radius 2 is 2.22 bits per heavy atom. The van der Waals surface area contributed by atoms with Gasteiger partial charge in [0.25, 0.3) is 0 Å². The van der Waals surface area contributed by atoms with Crippen LogP contribution >= 0.6 is 0 Å². The molecule has 2 atom stereocenters. The highest BCUT2D eigenvalue weighted by Crippen LogP contribution is 2.41. The summed E-state index contributed by atoms with van der Waals surface area (Å²) in [6, 6.07) is 4.82. The average Bonchev–Trinajstić information content (AvgIpc) is 2.86. The first-order valence-electron chi connectivity index (χ1n) is 7.88. The number of nitrogens with one attached hydrogen (secondary N) is 1. The summed E-state index contributed by atoms with van der Waals surface area (Å²) >= 11 is 0. The molecule has 0 bridgehead atoms. The van der Waals surface area contributed by atoms with E-state index in [1.807, 2.05) is 4.90 Å². The van der Waals surface area contributed by atoms with E-state index in [1.54, 1.807) is 25.1 Å². The molecule has 1 aromatic rings. The van der Waals surface area contributed by atoms with Crippen LogP contribution in [-0.2, 0) is 4.79 Å². The number of alkyl halides is 2. The van der Waals surface area contributed by atoms with Gasteiger partial charge in [0.1, 0.15) is 6.17 Å². The molecule has 0 radical (unpaired) electrons. The van der Waals surface area contributed by atoms with Crippen molar-refractivity contribution in [3.05, 3.63) is 23.8 Å². The summed E-state index contributed by atoms with van der Waals surface area (Å²) in [5, 5.41) is 2.90. The smallest absolute Gasteiger partial charge is 0.387 e. The summed E-state index contributed by atoms with van der Waals surface area (Å²) in [5.41, 5.74) is 0.508. The maximum absolute atomic E-state index is 12.8. The second-order valence-electron chi connectivity index (χ2n) is 5.65. The molecule has 1 aromatic carbocycles. The van der Waals surface area contributed by atoms with Gasteiger partial charge < -0.3 is 14.8 Å². The highest BCUT2D eigenvalue weighted by molar-refractivity contribution is 5.84. The zero-order valence-corrected chi connectivity index (χ0v) is 12.9. The van der Waals surface area contributed by atoms with E-state index in [1.165, 1.54) is 0 Å². The molecule has 1 amide bonds. The molecule has 0 aliphatic carbocycles. The van der Waals surface area contributed by atoms with Gasteiger partial charge in [-0.05, 0) is 25.8 Å². The van der Waals surface area contributed by atoms with Crippen molar-refractivity contribution in [1.29, 1.82) is 0 Å². The molecule has 2 unspecified atom stereocenters. The van der Waals surface area contributed by atoms with Crippen LogP contribution in [0.25, 0.3) is 0 Å². The van der Waals surface area contributed by atoms with Crippen molar-refractivity contribution < 1.29 is 23.0 Å². The third kappa shape index (κ3) is 3.10. The molecule has 2 heterocycles. The highest BCUT2D eigenvalue weighted by atomic mass is 19.3. The van der Waals surface area contributed by atoms with Gasteiger partial charge in [0.2, 0.25) is 5.91 Å². The Morgan fingerprint density at radius 1 is 1.39 bits per heavy atom. The number of hydrogen-bond acceptors (Lipinski definition) is 4. The molecule has 0 saturated carbocycles. The van der Waals surface area contributed by atoms with E-state index in [0.29, 0.717) is 12.2 Å². The van der Waals surface area contributed by atoms with E-state index in [-0.39, 0.29) is 23.4 Å². The number of fused-ring (bicyclic) bond motifs is 1. The molecule has 0 aromatic heterocycles. The quantitative estimate of drug-likeness (QED) is 0.904. The van der Waals surface area contributed by atoms with Crippen molar-refractivity contribution in [1.82, 2.24) is 10.2 Å². The number of halogens is 2. The standard InChI is InChI=1S/C16H20F2N2O3/c1-2-22-12-8-5-6-10(13(12)23-16(17)18)14-19-15(21)11-7-3-4-9-20(11)14/h5-6,8,11,14,16H,2-4,7,9H2,1H3,(H,19,21). The lowest BCUT2D eigenvalue weighted by atomic mass is 10.0. The number of nitrogens with zero attached hydrogens (tertiary/aromatic N) is 1. The second kappa shape index (κ2) is 6.70. The van der Waals surface area contributed by atoms with Gasteiger partial charge >= 0.3 is 6.61 Å². The van der Waals surface area contributed by atoms with Gasteiger partial charge in [-0.2, -0.15) is 8.78 Å². The van der Waals surface area contributed by atoms with E-state index in [0.717, 1.165) is 25.8 Å². The summed E-state index contributed by atoms with van der Waals surface area (Å²) in [6.07, 6.45) is 2.32. The molecule has 2 fully saturated rings. The predicted octanol–water partition coefficient (Wildman–Crippen LogP) is 2.67. The van der Waals surface area contributed by atoms with E-state index in [4.69, 9.17) is 9.47 Å². The fraction of sp³-hybridized carbons (Fsp3) is 0.562. The molecule has 2 aliphatic rings. The molecular formula is C16H20F2N2O3. The summed E-state index contributed by atoms with van der Waals surface area (Å²) < 4.78 is 35.8. The number of amides is 1. The van der Waals surface area contributed by atoms with Crippen LogP contribution in [0.1, 0.15) is 37.9 Å². The first-order valence-corrected chi connectivity index (χ1v) is 7.88. The fourth-order valence-electron chi connectivity index (χ4n) is 3.35. The predicted molar refractivity (Wildman–Crippen MR) is 79.5 cm³/mol. The minimum Gasteiger partial charge on any atom is -0.490 e. The number of carbonyl (C=O) groups is 1. The summed E-state index contributed by atoms with van der Waals surface area (Å²) in [7, 11) is 0. The third-order valence-corrected chi connectivity index (χ3v) is 4.27. The molecule has 3 rings (SSSR count). The molecular weight excluding hydrogens is 306 g/mol. The van der Waals surface area contributed by atoms with Gasteiger partial charge in [-0.3, -0.25) is 9.69 Å². The molecule has 2 saturated heterocycles. The second-order valence-corrected chi connectivity index (χ2v) is 5.65. The van der Waals surface area contributed by atoms with Gasteiger partial charge in [-0.25, -0.2) is 0 Å². The minimum atomic E-state index is -2.95. The molecule has 23 heavy (non-hydrogen) atoms. The zero-order valence-electron chi connectivity index (χ0n) is 12.9. The van der Waals surface area contributed by atoms with Crippen molar-refractivity contribution in [3.8, 4) is 11.5 Å². The van der Waals surface area contributed by atoms with Gasteiger partial charge in [0.15, 0.2) is 11.5 Å². The Balaban J connectivity index is 1.98. The number of rotatable bonds is 5. The van der Waals surface area contributed by atoms with Crippen molar-refractivity contribution in [3.63, 3.8) is 0 Å². The Hall–Kier alpha value is -1.89. The van der Waals surface area contributed by atoms with Gasteiger partial charge in [-0.15, -0.1) is 0 Å². The van der Waals surface area contributed by atoms with Crippen molar-refractivity contribution in [2.45, 2.75) is 45.0 Å².